The number of piperazine rings is 1. The topological polar surface area (TPSA) is 36.4 Å². The van der Waals surface area contributed by atoms with Gasteiger partial charge in [0.2, 0.25) is 5.91 Å². The van der Waals surface area contributed by atoms with E-state index in [2.05, 4.69) is 25.8 Å². The minimum absolute atomic E-state index is 0.193. The van der Waals surface area contributed by atoms with Gasteiger partial charge in [-0.15, -0.1) is 0 Å². The highest BCUT2D eigenvalue weighted by molar-refractivity contribution is 9.10. The number of carbonyl (C=O) groups excluding carboxylic acids is 1. The number of aromatic nitrogens is 1. The molecule has 5 heteroatoms. The summed E-state index contributed by atoms with van der Waals surface area (Å²) in [7, 11) is 0. The van der Waals surface area contributed by atoms with Crippen molar-refractivity contribution in [3.63, 3.8) is 0 Å². The quantitative estimate of drug-likeness (QED) is 0.845. The molecule has 1 saturated heterocycles. The van der Waals surface area contributed by atoms with Gasteiger partial charge in [0.15, 0.2) is 0 Å². The van der Waals surface area contributed by atoms with Crippen molar-refractivity contribution in [3.05, 3.63) is 58.7 Å². The van der Waals surface area contributed by atoms with Crippen molar-refractivity contribution in [3.8, 4) is 0 Å². The molecule has 0 spiro atoms. The number of halogens is 1. The van der Waals surface area contributed by atoms with Gasteiger partial charge in [0.25, 0.3) is 0 Å². The first-order valence-corrected chi connectivity index (χ1v) is 8.20. The summed E-state index contributed by atoms with van der Waals surface area (Å²) in [6.45, 7) is 3.18. The molecule has 0 bridgehead atoms. The van der Waals surface area contributed by atoms with Crippen LogP contribution >= 0.6 is 15.9 Å². The summed E-state index contributed by atoms with van der Waals surface area (Å²) < 4.78 is 1.01. The largest absolute Gasteiger partial charge is 0.353 e. The second kappa shape index (κ2) is 6.92. The van der Waals surface area contributed by atoms with Gasteiger partial charge in [0.05, 0.1) is 6.42 Å². The molecule has 4 nitrogen and oxygen atoms in total. The summed E-state index contributed by atoms with van der Waals surface area (Å²) in [6, 6.07) is 13.9. The minimum Gasteiger partial charge on any atom is -0.353 e. The first-order chi connectivity index (χ1) is 10.7. The van der Waals surface area contributed by atoms with Crippen LogP contribution < -0.4 is 4.90 Å². The molecule has 114 valence electrons. The van der Waals surface area contributed by atoms with E-state index in [9.17, 15) is 4.79 Å². The number of pyridine rings is 1. The third-order valence-electron chi connectivity index (χ3n) is 3.85. The molecule has 0 aliphatic carbocycles. The molecule has 2 aromatic rings. The van der Waals surface area contributed by atoms with Gasteiger partial charge in [-0.05, 0) is 29.8 Å². The summed E-state index contributed by atoms with van der Waals surface area (Å²) in [4.78, 5) is 20.9. The summed E-state index contributed by atoms with van der Waals surface area (Å²) in [5.74, 6) is 1.18. The molecule has 2 heterocycles. The fraction of sp³-hybridized carbons (Fsp3) is 0.294. The van der Waals surface area contributed by atoms with Crippen molar-refractivity contribution in [1.29, 1.82) is 0 Å². The predicted octanol–water partition coefficient (Wildman–Crippen LogP) is 2.74. The SMILES string of the molecule is O=C(Cc1cccc(Br)c1)N1CCN(c2ccccn2)CC1. The van der Waals surface area contributed by atoms with Crippen molar-refractivity contribution >= 4 is 27.7 Å². The van der Waals surface area contributed by atoms with Crippen LogP contribution in [0, 0.1) is 0 Å². The van der Waals surface area contributed by atoms with Crippen molar-refractivity contribution in [2.24, 2.45) is 0 Å². The van der Waals surface area contributed by atoms with E-state index in [0.717, 1.165) is 42.0 Å². The van der Waals surface area contributed by atoms with Crippen LogP contribution in [0.4, 0.5) is 5.82 Å². The predicted molar refractivity (Wildman–Crippen MR) is 90.9 cm³/mol. The Bertz CT molecular complexity index is 639. The zero-order valence-electron chi connectivity index (χ0n) is 12.3. The van der Waals surface area contributed by atoms with Gasteiger partial charge in [-0.25, -0.2) is 4.98 Å². The first kappa shape index (κ1) is 15.0. The van der Waals surface area contributed by atoms with E-state index in [4.69, 9.17) is 0 Å². The first-order valence-electron chi connectivity index (χ1n) is 7.40. The third-order valence-corrected chi connectivity index (χ3v) is 4.34. The summed E-state index contributed by atoms with van der Waals surface area (Å²) >= 11 is 3.44. The maximum absolute atomic E-state index is 12.4. The highest BCUT2D eigenvalue weighted by atomic mass is 79.9. The van der Waals surface area contributed by atoms with Crippen LogP contribution in [-0.4, -0.2) is 42.0 Å². The number of rotatable bonds is 3. The number of anilines is 1. The van der Waals surface area contributed by atoms with E-state index in [1.165, 1.54) is 0 Å². The van der Waals surface area contributed by atoms with Gasteiger partial charge >= 0.3 is 0 Å². The number of carbonyl (C=O) groups is 1. The number of amides is 1. The maximum atomic E-state index is 12.4. The fourth-order valence-electron chi connectivity index (χ4n) is 2.66. The number of nitrogens with zero attached hydrogens (tertiary/aromatic N) is 3. The normalized spacial score (nSPS) is 15.0. The van der Waals surface area contributed by atoms with E-state index in [0.29, 0.717) is 6.42 Å². The Balaban J connectivity index is 1.56. The Morgan fingerprint density at radius 1 is 1.09 bits per heavy atom. The molecule has 1 aliphatic rings. The van der Waals surface area contributed by atoms with Gasteiger partial charge in [-0.2, -0.15) is 0 Å². The van der Waals surface area contributed by atoms with E-state index in [-0.39, 0.29) is 5.91 Å². The van der Waals surface area contributed by atoms with E-state index < -0.39 is 0 Å². The van der Waals surface area contributed by atoms with Crippen LogP contribution in [0.2, 0.25) is 0 Å². The van der Waals surface area contributed by atoms with Gasteiger partial charge in [-0.1, -0.05) is 34.1 Å². The number of hydrogen-bond donors (Lipinski definition) is 0. The zero-order chi connectivity index (χ0) is 15.4. The van der Waals surface area contributed by atoms with Crippen LogP contribution in [0.25, 0.3) is 0 Å². The molecular weight excluding hydrogens is 342 g/mol. The van der Waals surface area contributed by atoms with Crippen LogP contribution in [0.1, 0.15) is 5.56 Å². The van der Waals surface area contributed by atoms with Gasteiger partial charge in [0.1, 0.15) is 5.82 Å². The second-order valence-electron chi connectivity index (χ2n) is 5.36. The molecule has 3 rings (SSSR count). The summed E-state index contributed by atoms with van der Waals surface area (Å²) in [5, 5.41) is 0. The van der Waals surface area contributed by atoms with Crippen molar-refractivity contribution in [2.45, 2.75) is 6.42 Å². The summed E-state index contributed by atoms with van der Waals surface area (Å²) in [6.07, 6.45) is 2.27. The molecule has 0 radical (unpaired) electrons. The molecule has 1 amide bonds. The molecular formula is C17H18BrN3O. The molecule has 1 aromatic heterocycles. The molecule has 0 atom stereocenters. The lowest BCUT2D eigenvalue weighted by Crippen LogP contribution is -2.49. The molecule has 1 aliphatic heterocycles. The Hall–Kier alpha value is -1.88. The van der Waals surface area contributed by atoms with Crippen molar-refractivity contribution in [2.75, 3.05) is 31.1 Å². The minimum atomic E-state index is 0.193. The average molecular weight is 360 g/mol. The highest BCUT2D eigenvalue weighted by Crippen LogP contribution is 2.15. The van der Waals surface area contributed by atoms with Crippen LogP contribution in [0.15, 0.2) is 53.1 Å². The summed E-state index contributed by atoms with van der Waals surface area (Å²) in [5.41, 5.74) is 1.05. The van der Waals surface area contributed by atoms with E-state index in [1.54, 1.807) is 6.20 Å². The van der Waals surface area contributed by atoms with Crippen molar-refractivity contribution < 1.29 is 4.79 Å². The Morgan fingerprint density at radius 3 is 2.59 bits per heavy atom. The van der Waals surface area contributed by atoms with E-state index >= 15 is 0 Å². The Morgan fingerprint density at radius 2 is 1.91 bits per heavy atom. The molecule has 0 saturated carbocycles. The maximum Gasteiger partial charge on any atom is 0.227 e. The lowest BCUT2D eigenvalue weighted by Gasteiger charge is -2.35. The van der Waals surface area contributed by atoms with Crippen molar-refractivity contribution in [1.82, 2.24) is 9.88 Å². The molecule has 0 N–H and O–H groups in total. The molecule has 22 heavy (non-hydrogen) atoms. The van der Waals surface area contributed by atoms with Gasteiger partial charge in [0, 0.05) is 36.8 Å². The lowest BCUT2D eigenvalue weighted by atomic mass is 10.1. The molecule has 0 unspecified atom stereocenters. The molecule has 1 aromatic carbocycles. The van der Waals surface area contributed by atoms with Crippen LogP contribution in [0.3, 0.4) is 0 Å². The number of hydrogen-bond acceptors (Lipinski definition) is 3. The zero-order valence-corrected chi connectivity index (χ0v) is 13.9. The standard InChI is InChI=1S/C17H18BrN3O/c18-15-5-3-4-14(12-15)13-17(22)21-10-8-20(9-11-21)16-6-1-2-7-19-16/h1-7,12H,8-11,13H2. The number of benzene rings is 1. The smallest absolute Gasteiger partial charge is 0.227 e. The lowest BCUT2D eigenvalue weighted by molar-refractivity contribution is -0.130. The fourth-order valence-corrected chi connectivity index (χ4v) is 3.11. The molecule has 1 fully saturated rings. The highest BCUT2D eigenvalue weighted by Gasteiger charge is 2.21. The van der Waals surface area contributed by atoms with Gasteiger partial charge < -0.3 is 9.80 Å². The van der Waals surface area contributed by atoms with Crippen LogP contribution in [0.5, 0.6) is 0 Å². The monoisotopic (exact) mass is 359 g/mol. The third kappa shape index (κ3) is 3.65. The van der Waals surface area contributed by atoms with Crippen LogP contribution in [-0.2, 0) is 11.2 Å². The Labute approximate surface area is 138 Å². The van der Waals surface area contributed by atoms with E-state index in [1.807, 2.05) is 47.4 Å². The second-order valence-corrected chi connectivity index (χ2v) is 6.28. The average Bonchev–Trinajstić information content (AvgIpc) is 2.56. The van der Waals surface area contributed by atoms with Gasteiger partial charge in [-0.3, -0.25) is 4.79 Å². The Kier molecular flexibility index (Phi) is 4.73.